The molecule has 13 heavy (non-hydrogen) atoms. The highest BCUT2D eigenvalue weighted by Crippen LogP contribution is 2.12. The molecule has 0 saturated heterocycles. The fourth-order valence-corrected chi connectivity index (χ4v) is 4.86. The van der Waals surface area contributed by atoms with E-state index in [0.717, 1.165) is 0 Å². The summed E-state index contributed by atoms with van der Waals surface area (Å²) in [5.41, 5.74) is 0. The molecule has 0 atom stereocenters. The standard InChI is InChI=1S/C11H25NSi/c1-4-6-9-13(10-7-5-2)11-8-12-3/h8,13H,4-7,9-11H2,1-3H3. The van der Waals surface area contributed by atoms with Gasteiger partial charge in [0.2, 0.25) is 0 Å². The zero-order valence-electron chi connectivity index (χ0n) is 9.55. The number of aliphatic imine (C=N–C) groups is 1. The Morgan fingerprint density at radius 1 is 1.08 bits per heavy atom. The average Bonchev–Trinajstić information content (AvgIpc) is 2.17. The first-order chi connectivity index (χ1) is 6.35. The van der Waals surface area contributed by atoms with E-state index in [2.05, 4.69) is 25.1 Å². The Balaban J connectivity index is 3.59. The quantitative estimate of drug-likeness (QED) is 0.419. The Morgan fingerprint density at radius 3 is 2.00 bits per heavy atom. The maximum absolute atomic E-state index is 4.10. The molecule has 0 spiro atoms. The number of rotatable bonds is 8. The molecule has 0 rings (SSSR count). The lowest BCUT2D eigenvalue weighted by Gasteiger charge is -2.11. The highest BCUT2D eigenvalue weighted by Gasteiger charge is 2.07. The SMILES string of the molecule is CCCC[SiH](CC=NC)CCCC. The highest BCUT2D eigenvalue weighted by molar-refractivity contribution is 6.61. The molecule has 0 aromatic carbocycles. The third-order valence-corrected chi connectivity index (χ3v) is 5.88. The molecule has 2 heteroatoms. The summed E-state index contributed by atoms with van der Waals surface area (Å²) in [6.07, 6.45) is 7.75. The molecule has 0 fully saturated rings. The predicted molar refractivity (Wildman–Crippen MR) is 65.8 cm³/mol. The summed E-state index contributed by atoms with van der Waals surface area (Å²) in [6.45, 7) is 4.58. The first-order valence-corrected chi connectivity index (χ1v) is 8.20. The second-order valence-corrected chi connectivity index (χ2v) is 7.19. The number of unbranched alkanes of at least 4 members (excludes halogenated alkanes) is 2. The molecule has 0 aliphatic heterocycles. The number of hydrogen-bond acceptors (Lipinski definition) is 1. The van der Waals surface area contributed by atoms with Crippen LogP contribution in [-0.4, -0.2) is 22.1 Å². The van der Waals surface area contributed by atoms with Gasteiger partial charge in [-0.05, 0) is 12.3 Å². The van der Waals surface area contributed by atoms with Gasteiger partial charge in [-0.1, -0.05) is 51.6 Å². The lowest BCUT2D eigenvalue weighted by atomic mass is 10.4. The molecular formula is C11H25NSi. The Kier molecular flexibility index (Phi) is 9.88. The summed E-state index contributed by atoms with van der Waals surface area (Å²) in [5.74, 6) is 0. The van der Waals surface area contributed by atoms with Crippen LogP contribution in [0.5, 0.6) is 0 Å². The van der Waals surface area contributed by atoms with Crippen molar-refractivity contribution in [2.75, 3.05) is 7.05 Å². The van der Waals surface area contributed by atoms with Crippen LogP contribution in [0.2, 0.25) is 18.1 Å². The van der Waals surface area contributed by atoms with Crippen molar-refractivity contribution in [3.63, 3.8) is 0 Å². The van der Waals surface area contributed by atoms with Crippen molar-refractivity contribution in [1.29, 1.82) is 0 Å². The molecule has 0 saturated carbocycles. The zero-order chi connectivity index (χ0) is 9.94. The van der Waals surface area contributed by atoms with E-state index >= 15 is 0 Å². The molecule has 0 N–H and O–H groups in total. The Labute approximate surface area is 85.3 Å². The van der Waals surface area contributed by atoms with Crippen LogP contribution < -0.4 is 0 Å². The molecule has 0 radical (unpaired) electrons. The van der Waals surface area contributed by atoms with Gasteiger partial charge in [0.1, 0.15) is 0 Å². The van der Waals surface area contributed by atoms with Crippen LogP contribution in [0.25, 0.3) is 0 Å². The number of hydrogen-bond donors (Lipinski definition) is 0. The average molecular weight is 199 g/mol. The number of nitrogens with zero attached hydrogens (tertiary/aromatic N) is 1. The van der Waals surface area contributed by atoms with Gasteiger partial charge in [-0.15, -0.1) is 0 Å². The van der Waals surface area contributed by atoms with Crippen LogP contribution in [-0.2, 0) is 0 Å². The molecule has 0 aromatic rings. The Morgan fingerprint density at radius 2 is 1.62 bits per heavy atom. The van der Waals surface area contributed by atoms with Crippen molar-refractivity contribution in [2.45, 2.75) is 57.7 Å². The van der Waals surface area contributed by atoms with E-state index in [1.165, 1.54) is 43.8 Å². The van der Waals surface area contributed by atoms with Crippen LogP contribution in [0, 0.1) is 0 Å². The minimum atomic E-state index is -0.436. The third kappa shape index (κ3) is 8.22. The Hall–Kier alpha value is -0.113. The molecule has 0 aliphatic carbocycles. The van der Waals surface area contributed by atoms with E-state index in [1.54, 1.807) is 0 Å². The van der Waals surface area contributed by atoms with E-state index in [0.29, 0.717) is 0 Å². The lowest BCUT2D eigenvalue weighted by Crippen LogP contribution is -2.12. The van der Waals surface area contributed by atoms with Gasteiger partial charge in [0.25, 0.3) is 0 Å². The summed E-state index contributed by atoms with van der Waals surface area (Å²) >= 11 is 0. The monoisotopic (exact) mass is 199 g/mol. The molecule has 0 aliphatic rings. The van der Waals surface area contributed by atoms with E-state index in [4.69, 9.17) is 0 Å². The van der Waals surface area contributed by atoms with E-state index in [1.807, 2.05) is 7.05 Å². The maximum Gasteiger partial charge on any atom is 0.0425 e. The second-order valence-electron chi connectivity index (χ2n) is 3.83. The molecule has 1 nitrogen and oxygen atoms in total. The normalized spacial score (nSPS) is 11.7. The topological polar surface area (TPSA) is 12.4 Å². The summed E-state index contributed by atoms with van der Waals surface area (Å²) in [4.78, 5) is 4.10. The van der Waals surface area contributed by atoms with Crippen LogP contribution in [0.4, 0.5) is 0 Å². The maximum atomic E-state index is 4.10. The molecule has 78 valence electrons. The minimum absolute atomic E-state index is 0.436. The van der Waals surface area contributed by atoms with Crippen LogP contribution in [0.1, 0.15) is 39.5 Å². The van der Waals surface area contributed by atoms with Gasteiger partial charge in [-0.2, -0.15) is 0 Å². The summed E-state index contributed by atoms with van der Waals surface area (Å²) in [6, 6.07) is 4.39. The van der Waals surface area contributed by atoms with Gasteiger partial charge in [0, 0.05) is 15.8 Å². The van der Waals surface area contributed by atoms with Crippen LogP contribution in [0.15, 0.2) is 4.99 Å². The van der Waals surface area contributed by atoms with E-state index in [9.17, 15) is 0 Å². The van der Waals surface area contributed by atoms with Crippen molar-refractivity contribution in [3.8, 4) is 0 Å². The van der Waals surface area contributed by atoms with Crippen molar-refractivity contribution < 1.29 is 0 Å². The summed E-state index contributed by atoms with van der Waals surface area (Å²) in [7, 11) is 1.46. The lowest BCUT2D eigenvalue weighted by molar-refractivity contribution is 0.841. The zero-order valence-corrected chi connectivity index (χ0v) is 10.7. The first-order valence-electron chi connectivity index (χ1n) is 5.75. The summed E-state index contributed by atoms with van der Waals surface area (Å²) in [5, 5.41) is 0. The fourth-order valence-electron chi connectivity index (χ4n) is 1.62. The fraction of sp³-hybridized carbons (Fsp3) is 0.909. The highest BCUT2D eigenvalue weighted by atomic mass is 28.3. The van der Waals surface area contributed by atoms with Crippen LogP contribution >= 0.6 is 0 Å². The second kappa shape index (κ2) is 9.97. The molecule has 0 bridgehead atoms. The van der Waals surface area contributed by atoms with Crippen molar-refractivity contribution in [2.24, 2.45) is 4.99 Å². The molecule has 0 amide bonds. The van der Waals surface area contributed by atoms with Gasteiger partial charge in [-0.3, -0.25) is 0 Å². The molecule has 0 heterocycles. The van der Waals surface area contributed by atoms with Gasteiger partial charge in [0.05, 0.1) is 0 Å². The van der Waals surface area contributed by atoms with Crippen molar-refractivity contribution in [1.82, 2.24) is 0 Å². The van der Waals surface area contributed by atoms with Gasteiger partial charge >= 0.3 is 0 Å². The van der Waals surface area contributed by atoms with E-state index < -0.39 is 8.80 Å². The van der Waals surface area contributed by atoms with Gasteiger partial charge in [-0.25, -0.2) is 0 Å². The van der Waals surface area contributed by atoms with Crippen molar-refractivity contribution >= 4 is 15.0 Å². The smallest absolute Gasteiger partial charge is 0.0425 e. The Bertz CT molecular complexity index is 115. The molecule has 0 unspecified atom stereocenters. The first kappa shape index (κ1) is 12.9. The largest absolute Gasteiger partial charge is 0.301 e. The predicted octanol–water partition coefficient (Wildman–Crippen LogP) is 3.51. The van der Waals surface area contributed by atoms with Crippen LogP contribution in [0.3, 0.4) is 0 Å². The van der Waals surface area contributed by atoms with Crippen molar-refractivity contribution in [3.05, 3.63) is 0 Å². The minimum Gasteiger partial charge on any atom is -0.301 e. The van der Waals surface area contributed by atoms with Gasteiger partial charge < -0.3 is 4.99 Å². The van der Waals surface area contributed by atoms with Gasteiger partial charge in [0.15, 0.2) is 0 Å². The molecular weight excluding hydrogens is 174 g/mol. The van der Waals surface area contributed by atoms with E-state index in [-0.39, 0.29) is 0 Å². The molecule has 0 aromatic heterocycles. The summed E-state index contributed by atoms with van der Waals surface area (Å²) < 4.78 is 0. The third-order valence-electron chi connectivity index (χ3n) is 2.55.